The summed E-state index contributed by atoms with van der Waals surface area (Å²) in [7, 11) is 0. The van der Waals surface area contributed by atoms with Crippen molar-refractivity contribution in [2.45, 2.75) is 12.3 Å². The minimum absolute atomic E-state index is 0.108. The standard InChI is InChI=1S/C10H9ClO4/c1-5(12)9(11)6-3-2-4-7(13)8(6)10(14)15/h2-4,9,13H,1H3,(H,14,15). The molecule has 0 amide bonds. The highest BCUT2D eigenvalue weighted by molar-refractivity contribution is 6.31. The molecule has 1 atom stereocenters. The summed E-state index contributed by atoms with van der Waals surface area (Å²) in [6.45, 7) is 1.26. The normalized spacial score (nSPS) is 12.1. The van der Waals surface area contributed by atoms with E-state index in [0.717, 1.165) is 0 Å². The Morgan fingerprint density at radius 3 is 2.47 bits per heavy atom. The molecule has 1 unspecified atom stereocenters. The summed E-state index contributed by atoms with van der Waals surface area (Å²) in [5.41, 5.74) is -0.218. The average Bonchev–Trinajstić information content (AvgIpc) is 2.15. The van der Waals surface area contributed by atoms with Crippen molar-refractivity contribution in [2.75, 3.05) is 0 Å². The number of benzene rings is 1. The van der Waals surface area contributed by atoms with Crippen LogP contribution in [0.4, 0.5) is 0 Å². The van der Waals surface area contributed by atoms with Gasteiger partial charge in [-0.3, -0.25) is 4.79 Å². The molecule has 0 aliphatic rings. The topological polar surface area (TPSA) is 74.6 Å². The number of hydrogen-bond acceptors (Lipinski definition) is 3. The SMILES string of the molecule is CC(=O)C(Cl)c1cccc(O)c1C(=O)O. The van der Waals surface area contributed by atoms with Crippen LogP contribution in [0, 0.1) is 0 Å². The average molecular weight is 229 g/mol. The summed E-state index contributed by atoms with van der Waals surface area (Å²) >= 11 is 5.74. The van der Waals surface area contributed by atoms with Gasteiger partial charge in [-0.15, -0.1) is 11.6 Å². The van der Waals surface area contributed by atoms with Crippen LogP contribution in [0.2, 0.25) is 0 Å². The Kier molecular flexibility index (Phi) is 3.31. The molecule has 0 aliphatic carbocycles. The first kappa shape index (κ1) is 11.5. The number of hydrogen-bond donors (Lipinski definition) is 2. The zero-order valence-corrected chi connectivity index (χ0v) is 8.65. The number of carboxylic acids is 1. The van der Waals surface area contributed by atoms with Gasteiger partial charge >= 0.3 is 5.97 Å². The smallest absolute Gasteiger partial charge is 0.339 e. The molecule has 0 saturated carbocycles. The lowest BCUT2D eigenvalue weighted by atomic mass is 10.0. The van der Waals surface area contributed by atoms with E-state index in [2.05, 4.69) is 0 Å². The van der Waals surface area contributed by atoms with Crippen LogP contribution in [0.25, 0.3) is 0 Å². The molecule has 0 bridgehead atoms. The van der Waals surface area contributed by atoms with E-state index < -0.39 is 17.1 Å². The summed E-state index contributed by atoms with van der Waals surface area (Å²) in [6, 6.07) is 4.08. The number of aromatic carboxylic acids is 1. The summed E-state index contributed by atoms with van der Waals surface area (Å²) in [6.07, 6.45) is 0. The molecule has 1 aromatic rings. The molecule has 80 valence electrons. The van der Waals surface area contributed by atoms with E-state index in [9.17, 15) is 14.7 Å². The molecule has 0 heterocycles. The van der Waals surface area contributed by atoms with Crippen molar-refractivity contribution in [1.29, 1.82) is 0 Å². The summed E-state index contributed by atoms with van der Waals surface area (Å²) < 4.78 is 0. The van der Waals surface area contributed by atoms with Gasteiger partial charge in [0.05, 0.1) is 0 Å². The Bertz CT molecular complexity index is 414. The molecule has 5 heteroatoms. The van der Waals surface area contributed by atoms with E-state index in [1.807, 2.05) is 0 Å². The van der Waals surface area contributed by atoms with Gasteiger partial charge in [0.2, 0.25) is 0 Å². The molecular formula is C10H9ClO4. The zero-order chi connectivity index (χ0) is 11.6. The first-order chi connectivity index (χ1) is 6.95. The predicted octanol–water partition coefficient (Wildman–Crippen LogP) is 1.96. The largest absolute Gasteiger partial charge is 0.507 e. The molecule has 0 spiro atoms. The molecule has 0 radical (unpaired) electrons. The summed E-state index contributed by atoms with van der Waals surface area (Å²) in [5, 5.41) is 17.1. The van der Waals surface area contributed by atoms with Crippen molar-refractivity contribution in [3.63, 3.8) is 0 Å². The third-order valence-corrected chi connectivity index (χ3v) is 2.46. The predicted molar refractivity (Wildman–Crippen MR) is 54.3 cm³/mol. The lowest BCUT2D eigenvalue weighted by Gasteiger charge is -2.10. The van der Waals surface area contributed by atoms with Gasteiger partial charge in [0.1, 0.15) is 16.7 Å². The number of carbonyl (C=O) groups is 2. The first-order valence-electron chi connectivity index (χ1n) is 4.15. The molecule has 0 fully saturated rings. The Morgan fingerprint density at radius 2 is 2.00 bits per heavy atom. The fourth-order valence-corrected chi connectivity index (χ4v) is 1.40. The van der Waals surface area contributed by atoms with E-state index in [1.165, 1.54) is 25.1 Å². The molecule has 0 aromatic heterocycles. The van der Waals surface area contributed by atoms with E-state index in [1.54, 1.807) is 0 Å². The highest BCUT2D eigenvalue weighted by atomic mass is 35.5. The molecule has 0 saturated heterocycles. The number of halogens is 1. The fourth-order valence-electron chi connectivity index (χ4n) is 1.22. The number of carboxylic acid groups (broad SMARTS) is 1. The zero-order valence-electron chi connectivity index (χ0n) is 7.90. The van der Waals surface area contributed by atoms with Crippen molar-refractivity contribution in [1.82, 2.24) is 0 Å². The third-order valence-electron chi connectivity index (χ3n) is 1.92. The van der Waals surface area contributed by atoms with Crippen LogP contribution in [0.5, 0.6) is 5.75 Å². The number of phenols is 1. The van der Waals surface area contributed by atoms with Crippen molar-refractivity contribution < 1.29 is 19.8 Å². The second-order valence-corrected chi connectivity index (χ2v) is 3.46. The highest BCUT2D eigenvalue weighted by Gasteiger charge is 2.23. The van der Waals surface area contributed by atoms with E-state index in [4.69, 9.17) is 16.7 Å². The van der Waals surface area contributed by atoms with Crippen molar-refractivity contribution in [3.05, 3.63) is 29.3 Å². The minimum atomic E-state index is -1.31. The Morgan fingerprint density at radius 1 is 1.40 bits per heavy atom. The van der Waals surface area contributed by atoms with Gasteiger partial charge in [-0.25, -0.2) is 4.79 Å². The second kappa shape index (κ2) is 4.31. The monoisotopic (exact) mass is 228 g/mol. The summed E-state index contributed by atoms with van der Waals surface area (Å²) in [4.78, 5) is 21.9. The van der Waals surface area contributed by atoms with Gasteiger partial charge in [0, 0.05) is 0 Å². The highest BCUT2D eigenvalue weighted by Crippen LogP contribution is 2.30. The first-order valence-corrected chi connectivity index (χ1v) is 4.58. The number of carbonyl (C=O) groups excluding carboxylic acids is 1. The van der Waals surface area contributed by atoms with E-state index >= 15 is 0 Å². The van der Waals surface area contributed by atoms with Gasteiger partial charge in [0.15, 0.2) is 5.78 Å². The quantitative estimate of drug-likeness (QED) is 0.776. The van der Waals surface area contributed by atoms with Gasteiger partial charge in [-0.2, -0.15) is 0 Å². The van der Waals surface area contributed by atoms with Gasteiger partial charge in [0.25, 0.3) is 0 Å². The van der Waals surface area contributed by atoms with Crippen LogP contribution in [0.15, 0.2) is 18.2 Å². The molecular weight excluding hydrogens is 220 g/mol. The fraction of sp³-hybridized carbons (Fsp3) is 0.200. The maximum atomic E-state index is 11.0. The van der Waals surface area contributed by atoms with Crippen LogP contribution in [-0.2, 0) is 4.79 Å². The minimum Gasteiger partial charge on any atom is -0.507 e. The number of rotatable bonds is 3. The number of ketones is 1. The van der Waals surface area contributed by atoms with Gasteiger partial charge in [-0.1, -0.05) is 12.1 Å². The van der Waals surface area contributed by atoms with Crippen LogP contribution in [0.1, 0.15) is 28.2 Å². The van der Waals surface area contributed by atoms with Gasteiger partial charge in [-0.05, 0) is 18.6 Å². The van der Waals surface area contributed by atoms with Crippen LogP contribution in [0.3, 0.4) is 0 Å². The van der Waals surface area contributed by atoms with Crippen LogP contribution < -0.4 is 0 Å². The Balaban J connectivity index is 3.35. The lowest BCUT2D eigenvalue weighted by Crippen LogP contribution is -2.09. The molecule has 1 rings (SSSR count). The maximum absolute atomic E-state index is 11.0. The number of Topliss-reactive ketones (excluding diaryl/α,β-unsaturated/α-hetero) is 1. The summed E-state index contributed by atoms with van der Waals surface area (Å²) in [5.74, 6) is -2.08. The van der Waals surface area contributed by atoms with Crippen molar-refractivity contribution in [3.8, 4) is 5.75 Å². The Hall–Kier alpha value is -1.55. The third kappa shape index (κ3) is 2.27. The molecule has 4 nitrogen and oxygen atoms in total. The maximum Gasteiger partial charge on any atom is 0.339 e. The molecule has 15 heavy (non-hydrogen) atoms. The van der Waals surface area contributed by atoms with Crippen LogP contribution >= 0.6 is 11.6 Å². The van der Waals surface area contributed by atoms with Crippen molar-refractivity contribution >= 4 is 23.4 Å². The van der Waals surface area contributed by atoms with Crippen LogP contribution in [-0.4, -0.2) is 22.0 Å². The molecule has 2 N–H and O–H groups in total. The second-order valence-electron chi connectivity index (χ2n) is 3.02. The van der Waals surface area contributed by atoms with Gasteiger partial charge < -0.3 is 10.2 Å². The van der Waals surface area contributed by atoms with E-state index in [-0.39, 0.29) is 16.9 Å². The van der Waals surface area contributed by atoms with E-state index in [0.29, 0.717) is 0 Å². The Labute approximate surface area is 91.1 Å². The molecule has 0 aliphatic heterocycles. The lowest BCUT2D eigenvalue weighted by molar-refractivity contribution is -0.116. The van der Waals surface area contributed by atoms with Crippen molar-refractivity contribution in [2.24, 2.45) is 0 Å². The molecule has 1 aromatic carbocycles. The number of alkyl halides is 1. The number of aromatic hydroxyl groups is 1.